The van der Waals surface area contributed by atoms with E-state index in [1.54, 1.807) is 24.1 Å². The first-order chi connectivity index (χ1) is 15.0. The van der Waals surface area contributed by atoms with Gasteiger partial charge in [0.05, 0.1) is 29.3 Å². The molecule has 0 aliphatic rings. The van der Waals surface area contributed by atoms with Crippen molar-refractivity contribution in [3.63, 3.8) is 0 Å². The molecule has 1 N–H and O–H groups in total. The summed E-state index contributed by atoms with van der Waals surface area (Å²) < 4.78 is 3.59. The average molecular weight is 434 g/mol. The van der Waals surface area contributed by atoms with Crippen molar-refractivity contribution in [2.24, 2.45) is 0 Å². The lowest BCUT2D eigenvalue weighted by atomic mass is 10.1. The summed E-state index contributed by atoms with van der Waals surface area (Å²) in [6.45, 7) is 4.39. The molecule has 0 aliphatic heterocycles. The lowest BCUT2D eigenvalue weighted by molar-refractivity contribution is 0.0932. The zero-order chi connectivity index (χ0) is 21.8. The fraction of sp³-hybridized carbons (Fsp3) is 0.208. The molecule has 2 aromatic heterocycles. The van der Waals surface area contributed by atoms with Crippen LogP contribution in [-0.2, 0) is 13.0 Å². The van der Waals surface area contributed by atoms with E-state index in [1.165, 1.54) is 0 Å². The van der Waals surface area contributed by atoms with Gasteiger partial charge < -0.3 is 9.88 Å². The van der Waals surface area contributed by atoms with Gasteiger partial charge in [-0.1, -0.05) is 60.1 Å². The number of aryl methyl sites for hydroxylation is 2. The van der Waals surface area contributed by atoms with E-state index in [0.29, 0.717) is 29.4 Å². The molecule has 0 bridgehead atoms. The van der Waals surface area contributed by atoms with Crippen LogP contribution in [0.5, 0.6) is 0 Å². The number of carbonyl (C=O) groups excluding carboxylic acids is 1. The van der Waals surface area contributed by atoms with E-state index >= 15 is 0 Å². The first-order valence-corrected chi connectivity index (χ1v) is 10.5. The summed E-state index contributed by atoms with van der Waals surface area (Å²) in [4.78, 5) is 17.4. The van der Waals surface area contributed by atoms with Crippen molar-refractivity contribution >= 4 is 17.5 Å². The van der Waals surface area contributed by atoms with Gasteiger partial charge in [0.25, 0.3) is 5.91 Å². The van der Waals surface area contributed by atoms with Crippen LogP contribution in [0.4, 0.5) is 0 Å². The number of aromatic nitrogens is 4. The summed E-state index contributed by atoms with van der Waals surface area (Å²) >= 11 is 6.64. The maximum absolute atomic E-state index is 13.3. The summed E-state index contributed by atoms with van der Waals surface area (Å²) in [6.07, 6.45) is 6.05. The van der Waals surface area contributed by atoms with Crippen molar-refractivity contribution in [3.05, 3.63) is 101 Å². The third-order valence-corrected chi connectivity index (χ3v) is 5.57. The minimum absolute atomic E-state index is 0.138. The zero-order valence-corrected chi connectivity index (χ0v) is 18.3. The Bertz CT molecular complexity index is 1170. The Morgan fingerprint density at radius 3 is 2.55 bits per heavy atom. The molecule has 2 heterocycles. The standard InChI is InChI=1S/C24H24ClN5O/c1-17-8-6-7-11-21(17)30-23(25)22(18(2)28-30)24(31)27-20(15-29-13-12-26-16-29)14-19-9-4-3-5-10-19/h3-13,16,20H,14-15H2,1-2H3,(H,27,31)/t20-/m0/s1. The molecule has 2 aromatic carbocycles. The number of hydrogen-bond acceptors (Lipinski definition) is 3. The highest BCUT2D eigenvalue weighted by Crippen LogP contribution is 2.25. The van der Waals surface area contributed by atoms with Gasteiger partial charge in [0.2, 0.25) is 0 Å². The largest absolute Gasteiger partial charge is 0.347 e. The van der Waals surface area contributed by atoms with Gasteiger partial charge in [-0.2, -0.15) is 5.10 Å². The fourth-order valence-corrected chi connectivity index (χ4v) is 4.04. The SMILES string of the molecule is Cc1ccccc1-n1nc(C)c(C(=O)N[C@@H](Cc2ccccc2)Cn2ccnc2)c1Cl. The first kappa shape index (κ1) is 20.9. The number of nitrogens with one attached hydrogen (secondary N) is 1. The Kier molecular flexibility index (Phi) is 6.18. The van der Waals surface area contributed by atoms with Gasteiger partial charge in [0.15, 0.2) is 0 Å². The Morgan fingerprint density at radius 1 is 1.10 bits per heavy atom. The fourth-order valence-electron chi connectivity index (χ4n) is 3.68. The molecule has 7 heteroatoms. The summed E-state index contributed by atoms with van der Waals surface area (Å²) in [5.74, 6) is -0.233. The van der Waals surface area contributed by atoms with Crippen molar-refractivity contribution in [2.45, 2.75) is 32.9 Å². The molecule has 0 fully saturated rings. The summed E-state index contributed by atoms with van der Waals surface area (Å²) in [6, 6.07) is 17.8. The number of rotatable bonds is 7. The van der Waals surface area contributed by atoms with Gasteiger partial charge in [-0.25, -0.2) is 9.67 Å². The second-order valence-electron chi connectivity index (χ2n) is 7.57. The number of nitrogens with zero attached hydrogens (tertiary/aromatic N) is 4. The van der Waals surface area contributed by atoms with Crippen LogP contribution in [-0.4, -0.2) is 31.3 Å². The molecule has 0 radical (unpaired) electrons. The van der Waals surface area contributed by atoms with Gasteiger partial charge >= 0.3 is 0 Å². The van der Waals surface area contributed by atoms with Gasteiger partial charge in [-0.15, -0.1) is 0 Å². The molecule has 6 nitrogen and oxygen atoms in total. The molecule has 0 saturated carbocycles. The van der Waals surface area contributed by atoms with E-state index in [2.05, 4.69) is 27.5 Å². The monoisotopic (exact) mass is 433 g/mol. The molecule has 1 amide bonds. The van der Waals surface area contributed by atoms with Gasteiger partial charge in [-0.3, -0.25) is 4.79 Å². The quantitative estimate of drug-likeness (QED) is 0.470. The maximum atomic E-state index is 13.3. The molecule has 0 unspecified atom stereocenters. The van der Waals surface area contributed by atoms with Crippen LogP contribution in [0.1, 0.15) is 27.2 Å². The molecular formula is C24H24ClN5O. The topological polar surface area (TPSA) is 64.7 Å². The zero-order valence-electron chi connectivity index (χ0n) is 17.5. The lowest BCUT2D eigenvalue weighted by Gasteiger charge is -2.19. The molecular weight excluding hydrogens is 410 g/mol. The van der Waals surface area contributed by atoms with Crippen molar-refractivity contribution < 1.29 is 4.79 Å². The number of amides is 1. The van der Waals surface area contributed by atoms with E-state index in [0.717, 1.165) is 16.8 Å². The first-order valence-electron chi connectivity index (χ1n) is 10.1. The third kappa shape index (κ3) is 4.70. The van der Waals surface area contributed by atoms with Gasteiger partial charge in [0, 0.05) is 18.9 Å². The van der Waals surface area contributed by atoms with E-state index in [-0.39, 0.29) is 11.9 Å². The van der Waals surface area contributed by atoms with E-state index in [9.17, 15) is 4.79 Å². The van der Waals surface area contributed by atoms with Crippen LogP contribution in [0, 0.1) is 13.8 Å². The smallest absolute Gasteiger partial charge is 0.256 e. The number of benzene rings is 2. The normalized spacial score (nSPS) is 12.0. The third-order valence-electron chi connectivity index (χ3n) is 5.23. The van der Waals surface area contributed by atoms with E-state index in [1.807, 2.05) is 60.2 Å². The molecule has 4 aromatic rings. The number of carbonyl (C=O) groups is 1. The Morgan fingerprint density at radius 2 is 1.84 bits per heavy atom. The van der Waals surface area contributed by atoms with Crippen LogP contribution in [0.15, 0.2) is 73.3 Å². The second kappa shape index (κ2) is 9.18. The molecule has 0 spiro atoms. The summed E-state index contributed by atoms with van der Waals surface area (Å²) in [5.41, 5.74) is 4.02. The highest BCUT2D eigenvalue weighted by molar-refractivity contribution is 6.33. The van der Waals surface area contributed by atoms with Crippen LogP contribution in [0.2, 0.25) is 5.15 Å². The van der Waals surface area contributed by atoms with Crippen molar-refractivity contribution in [1.29, 1.82) is 0 Å². The van der Waals surface area contributed by atoms with Crippen LogP contribution in [0.3, 0.4) is 0 Å². The maximum Gasteiger partial charge on any atom is 0.256 e. The van der Waals surface area contributed by atoms with Crippen molar-refractivity contribution in [2.75, 3.05) is 0 Å². The Balaban J connectivity index is 1.60. The van der Waals surface area contributed by atoms with Crippen molar-refractivity contribution in [3.8, 4) is 5.69 Å². The highest BCUT2D eigenvalue weighted by Gasteiger charge is 2.24. The molecule has 0 aliphatic carbocycles. The Hall–Kier alpha value is -3.38. The van der Waals surface area contributed by atoms with E-state index in [4.69, 9.17) is 11.6 Å². The second-order valence-corrected chi connectivity index (χ2v) is 7.93. The van der Waals surface area contributed by atoms with Crippen LogP contribution in [0.25, 0.3) is 5.69 Å². The number of imidazole rings is 1. The van der Waals surface area contributed by atoms with Crippen LogP contribution >= 0.6 is 11.6 Å². The molecule has 0 saturated heterocycles. The lowest BCUT2D eigenvalue weighted by Crippen LogP contribution is -2.39. The highest BCUT2D eigenvalue weighted by atomic mass is 35.5. The van der Waals surface area contributed by atoms with Gasteiger partial charge in [-0.05, 0) is 37.5 Å². The molecule has 1 atom stereocenters. The van der Waals surface area contributed by atoms with E-state index < -0.39 is 0 Å². The number of para-hydroxylation sites is 1. The molecule has 31 heavy (non-hydrogen) atoms. The summed E-state index contributed by atoms with van der Waals surface area (Å²) in [5, 5.41) is 8.00. The number of hydrogen-bond donors (Lipinski definition) is 1. The van der Waals surface area contributed by atoms with Gasteiger partial charge in [0.1, 0.15) is 5.15 Å². The summed E-state index contributed by atoms with van der Waals surface area (Å²) in [7, 11) is 0. The molecule has 4 rings (SSSR count). The molecule has 158 valence electrons. The minimum Gasteiger partial charge on any atom is -0.347 e. The predicted molar refractivity (Wildman–Crippen MR) is 122 cm³/mol. The Labute approximate surface area is 186 Å². The predicted octanol–water partition coefficient (Wildman–Crippen LogP) is 4.38. The minimum atomic E-state index is -0.233. The van der Waals surface area contributed by atoms with Crippen LogP contribution < -0.4 is 5.32 Å². The average Bonchev–Trinajstić information content (AvgIpc) is 3.36. The number of halogens is 1. The van der Waals surface area contributed by atoms with Crippen molar-refractivity contribution in [1.82, 2.24) is 24.6 Å².